The van der Waals surface area contributed by atoms with Crippen LogP contribution in [0.2, 0.25) is 10.3 Å². The summed E-state index contributed by atoms with van der Waals surface area (Å²) in [7, 11) is 0. The lowest BCUT2D eigenvalue weighted by Crippen LogP contribution is -2.50. The quantitative estimate of drug-likeness (QED) is 0.192. The Hall–Kier alpha value is -3.94. The Labute approximate surface area is 296 Å². The molecule has 4 aromatic rings. The minimum atomic E-state index is -5.03. The normalized spacial score (nSPS) is 22.5. The molecule has 2 aliphatic rings. The molecule has 1 aromatic heterocycles. The molecule has 2 aliphatic heterocycles. The van der Waals surface area contributed by atoms with Crippen molar-refractivity contribution in [3.8, 4) is 11.1 Å². The molecule has 5 atom stereocenters. The minimum Gasteiger partial charge on any atom is -0.392 e. The van der Waals surface area contributed by atoms with Gasteiger partial charge in [-0.05, 0) is 46.7 Å². The number of rotatable bonds is 9. The summed E-state index contributed by atoms with van der Waals surface area (Å²) in [4.78, 5) is 29.3. The molecular formula is C36H35Cl2F3N4O5. The van der Waals surface area contributed by atoms with Crippen molar-refractivity contribution >= 4 is 35.0 Å². The van der Waals surface area contributed by atoms with E-state index in [9.17, 15) is 27.9 Å². The third kappa shape index (κ3) is 7.84. The van der Waals surface area contributed by atoms with Crippen LogP contribution < -0.4 is 5.32 Å². The summed E-state index contributed by atoms with van der Waals surface area (Å²) in [5.74, 6) is -2.70. The smallest absolute Gasteiger partial charge is 0.392 e. The number of imidazole rings is 1. The zero-order valence-corrected chi connectivity index (χ0v) is 28.5. The summed E-state index contributed by atoms with van der Waals surface area (Å²) in [5, 5.41) is 12.7. The predicted octanol–water partition coefficient (Wildman–Crippen LogP) is 7.01. The first-order valence-corrected chi connectivity index (χ1v) is 16.9. The molecule has 2 saturated heterocycles. The summed E-state index contributed by atoms with van der Waals surface area (Å²) in [6, 6.07) is 21.6. The van der Waals surface area contributed by atoms with E-state index in [1.165, 1.54) is 0 Å². The van der Waals surface area contributed by atoms with Crippen LogP contribution in [0.1, 0.15) is 54.4 Å². The fraction of sp³-hybridized carbons (Fsp3) is 0.361. The van der Waals surface area contributed by atoms with E-state index in [2.05, 4.69) is 10.3 Å². The average Bonchev–Trinajstić information content (AvgIpc) is 3.74. The standard InChI is InChI=1S/C36H35Cl2F3N4O5/c1-21-29(18-44-20-43-31(37)32(44)38)49-34(50-30(21)25-9-7-22(19-46)8-10-25)26-13-11-24(12-14-26)27-5-2-4-23(16-27)17-42-33(47)28-6-3-15-45(28)35(48)36(39,40)41/h2,4-5,7-14,16,20-21,28-30,34,46H,3,6,15,17-19H2,1H3,(H,42,47)/t21-,28+,29+,30+,34+/m1/s1. The number of aliphatic hydroxyl groups excluding tert-OH is 1. The van der Waals surface area contributed by atoms with Gasteiger partial charge in [-0.25, -0.2) is 4.98 Å². The van der Waals surface area contributed by atoms with Gasteiger partial charge in [0.05, 0.1) is 31.7 Å². The van der Waals surface area contributed by atoms with Crippen molar-refractivity contribution in [3.05, 3.63) is 112 Å². The Morgan fingerprint density at radius 2 is 1.70 bits per heavy atom. The molecule has 2 amide bonds. The SMILES string of the molecule is C[C@@H]1[C@H](Cn2cnc(Cl)c2Cl)O[C@H](c2ccc(-c3cccc(CNC(=O)[C@@H]4CCCN4C(=O)C(F)(F)F)c3)cc2)O[C@@H]1c1ccc(CO)cc1. The molecule has 2 N–H and O–H groups in total. The summed E-state index contributed by atoms with van der Waals surface area (Å²) < 4.78 is 53.8. The van der Waals surface area contributed by atoms with Crippen molar-refractivity contribution in [3.63, 3.8) is 0 Å². The van der Waals surface area contributed by atoms with Gasteiger partial charge in [-0.2, -0.15) is 13.2 Å². The van der Waals surface area contributed by atoms with Gasteiger partial charge in [-0.15, -0.1) is 0 Å². The van der Waals surface area contributed by atoms with Crippen LogP contribution in [-0.2, 0) is 38.8 Å². The van der Waals surface area contributed by atoms with Crippen LogP contribution in [-0.4, -0.2) is 56.2 Å². The van der Waals surface area contributed by atoms with E-state index >= 15 is 0 Å². The number of hydrogen-bond donors (Lipinski definition) is 2. The summed E-state index contributed by atoms with van der Waals surface area (Å²) in [5.41, 5.74) is 5.02. The summed E-state index contributed by atoms with van der Waals surface area (Å²) in [6.07, 6.45) is -4.33. The van der Waals surface area contributed by atoms with E-state index in [1.807, 2.05) is 79.7 Å². The molecule has 0 bridgehead atoms. The van der Waals surface area contributed by atoms with E-state index < -0.39 is 30.3 Å². The maximum atomic E-state index is 13.0. The van der Waals surface area contributed by atoms with Crippen LogP contribution >= 0.6 is 23.2 Å². The lowest BCUT2D eigenvalue weighted by molar-refractivity contribution is -0.276. The maximum Gasteiger partial charge on any atom is 0.471 e. The Morgan fingerprint density at radius 1 is 0.980 bits per heavy atom. The van der Waals surface area contributed by atoms with Crippen LogP contribution in [0.4, 0.5) is 13.2 Å². The first-order valence-electron chi connectivity index (χ1n) is 16.1. The first kappa shape index (κ1) is 35.9. The molecule has 2 fully saturated rings. The Kier molecular flexibility index (Phi) is 10.8. The first-order chi connectivity index (χ1) is 23.9. The Balaban J connectivity index is 1.16. The van der Waals surface area contributed by atoms with Crippen LogP contribution in [0.3, 0.4) is 0 Å². The molecule has 3 heterocycles. The number of aromatic nitrogens is 2. The zero-order chi connectivity index (χ0) is 35.6. The maximum absolute atomic E-state index is 13.0. The molecule has 6 rings (SSSR count). The van der Waals surface area contributed by atoms with Crippen molar-refractivity contribution < 1.29 is 37.3 Å². The van der Waals surface area contributed by atoms with Crippen molar-refractivity contribution in [2.45, 2.75) is 70.2 Å². The molecule has 3 aromatic carbocycles. The molecule has 50 heavy (non-hydrogen) atoms. The topological polar surface area (TPSA) is 106 Å². The lowest BCUT2D eigenvalue weighted by atomic mass is 9.90. The van der Waals surface area contributed by atoms with Gasteiger partial charge in [-0.1, -0.05) is 96.9 Å². The summed E-state index contributed by atoms with van der Waals surface area (Å²) in [6.45, 7) is 2.36. The number of halogens is 5. The Morgan fingerprint density at radius 3 is 2.36 bits per heavy atom. The fourth-order valence-electron chi connectivity index (χ4n) is 6.44. The van der Waals surface area contributed by atoms with Crippen LogP contribution in [0.25, 0.3) is 11.1 Å². The van der Waals surface area contributed by atoms with Gasteiger partial charge in [0.15, 0.2) is 11.4 Å². The van der Waals surface area contributed by atoms with Gasteiger partial charge < -0.3 is 29.4 Å². The number of benzene rings is 3. The fourth-order valence-corrected chi connectivity index (χ4v) is 6.75. The zero-order valence-electron chi connectivity index (χ0n) is 26.9. The molecule has 0 unspecified atom stereocenters. The monoisotopic (exact) mass is 730 g/mol. The van der Waals surface area contributed by atoms with Crippen molar-refractivity contribution in [2.24, 2.45) is 5.92 Å². The molecule has 0 aliphatic carbocycles. The summed E-state index contributed by atoms with van der Waals surface area (Å²) >= 11 is 12.5. The number of aliphatic hydroxyl groups is 1. The second-order valence-corrected chi connectivity index (χ2v) is 13.2. The number of nitrogens with one attached hydrogen (secondary N) is 1. The Bertz CT molecular complexity index is 1820. The van der Waals surface area contributed by atoms with Gasteiger partial charge in [-0.3, -0.25) is 9.59 Å². The number of hydrogen-bond acceptors (Lipinski definition) is 6. The van der Waals surface area contributed by atoms with Crippen molar-refractivity contribution in [2.75, 3.05) is 6.54 Å². The van der Waals surface area contributed by atoms with Gasteiger partial charge in [0.2, 0.25) is 5.91 Å². The highest BCUT2D eigenvalue weighted by Crippen LogP contribution is 2.43. The van der Waals surface area contributed by atoms with E-state index in [0.29, 0.717) is 23.0 Å². The predicted molar refractivity (Wildman–Crippen MR) is 180 cm³/mol. The average molecular weight is 732 g/mol. The van der Waals surface area contributed by atoms with Crippen LogP contribution in [0, 0.1) is 5.92 Å². The van der Waals surface area contributed by atoms with Gasteiger partial charge in [0.25, 0.3) is 0 Å². The van der Waals surface area contributed by atoms with E-state index in [0.717, 1.165) is 33.4 Å². The second-order valence-electron chi connectivity index (χ2n) is 12.5. The number of amides is 2. The van der Waals surface area contributed by atoms with Crippen molar-refractivity contribution in [1.82, 2.24) is 19.8 Å². The number of nitrogens with zero attached hydrogens (tertiary/aromatic N) is 3. The van der Waals surface area contributed by atoms with Gasteiger partial charge in [0.1, 0.15) is 11.2 Å². The molecule has 264 valence electrons. The molecule has 0 saturated carbocycles. The van der Waals surface area contributed by atoms with E-state index in [-0.39, 0.29) is 49.4 Å². The highest BCUT2D eigenvalue weighted by molar-refractivity contribution is 6.40. The van der Waals surface area contributed by atoms with E-state index in [4.69, 9.17) is 32.7 Å². The third-order valence-electron chi connectivity index (χ3n) is 9.20. The van der Waals surface area contributed by atoms with Gasteiger partial charge >= 0.3 is 12.1 Å². The number of alkyl halides is 3. The van der Waals surface area contributed by atoms with Gasteiger partial charge in [0, 0.05) is 24.6 Å². The highest BCUT2D eigenvalue weighted by atomic mass is 35.5. The number of carbonyl (C=O) groups is 2. The van der Waals surface area contributed by atoms with Crippen LogP contribution in [0.5, 0.6) is 0 Å². The molecule has 14 heteroatoms. The number of ether oxygens (including phenoxy) is 2. The highest BCUT2D eigenvalue weighted by Gasteiger charge is 2.47. The third-order valence-corrected chi connectivity index (χ3v) is 9.97. The largest absolute Gasteiger partial charge is 0.471 e. The molecule has 9 nitrogen and oxygen atoms in total. The minimum absolute atomic E-state index is 0.0633. The van der Waals surface area contributed by atoms with Crippen molar-refractivity contribution in [1.29, 1.82) is 0 Å². The second kappa shape index (κ2) is 15.1. The van der Waals surface area contributed by atoms with E-state index in [1.54, 1.807) is 10.9 Å². The number of likely N-dealkylation sites (tertiary alicyclic amines) is 1. The molecule has 0 spiro atoms. The number of carbonyl (C=O) groups excluding carboxylic acids is 2. The lowest BCUT2D eigenvalue weighted by Gasteiger charge is -2.41. The molecular weight excluding hydrogens is 696 g/mol. The van der Waals surface area contributed by atoms with Crippen LogP contribution in [0.15, 0.2) is 79.1 Å². The molecule has 0 radical (unpaired) electrons.